The molecule has 0 aromatic heterocycles. The van der Waals surface area contributed by atoms with Crippen LogP contribution < -0.4 is 9.46 Å². The van der Waals surface area contributed by atoms with Crippen molar-refractivity contribution < 1.29 is 17.5 Å². The van der Waals surface area contributed by atoms with Crippen LogP contribution in [0.3, 0.4) is 0 Å². The summed E-state index contributed by atoms with van der Waals surface area (Å²) in [6, 6.07) is 13.2. The summed E-state index contributed by atoms with van der Waals surface area (Å²) in [5, 5.41) is 0. The zero-order valence-electron chi connectivity index (χ0n) is 12.5. The molecule has 6 heteroatoms. The average Bonchev–Trinajstić information content (AvgIpc) is 2.54. The quantitative estimate of drug-likeness (QED) is 0.914. The molecule has 1 unspecified atom stereocenters. The molecule has 2 aromatic carbocycles. The van der Waals surface area contributed by atoms with Gasteiger partial charge in [0.25, 0.3) is 0 Å². The molecule has 122 valence electrons. The minimum absolute atomic E-state index is 0.000973. The number of benzene rings is 2. The van der Waals surface area contributed by atoms with Crippen LogP contribution in [0.15, 0.2) is 48.5 Å². The Kier molecular flexibility index (Phi) is 4.63. The van der Waals surface area contributed by atoms with Crippen molar-refractivity contribution in [1.82, 2.24) is 4.72 Å². The standard InChI is InChI=1S/C17H18FNO3S/c18-14-6-7-17-15(12-14)16(8-10-22-17)19-23(20,21)11-9-13-4-2-1-3-5-13/h1-7,12,16,19H,8-11H2. The summed E-state index contributed by atoms with van der Waals surface area (Å²) < 4.78 is 46.2. The second kappa shape index (κ2) is 6.68. The summed E-state index contributed by atoms with van der Waals surface area (Å²) in [7, 11) is -3.46. The zero-order valence-corrected chi connectivity index (χ0v) is 13.4. The Morgan fingerprint density at radius 2 is 1.96 bits per heavy atom. The van der Waals surface area contributed by atoms with Gasteiger partial charge >= 0.3 is 0 Å². The van der Waals surface area contributed by atoms with Gasteiger partial charge in [0.2, 0.25) is 10.0 Å². The first-order valence-electron chi connectivity index (χ1n) is 7.50. The van der Waals surface area contributed by atoms with Gasteiger partial charge in [0.1, 0.15) is 11.6 Å². The fourth-order valence-corrected chi connectivity index (χ4v) is 3.96. The maximum Gasteiger partial charge on any atom is 0.212 e. The van der Waals surface area contributed by atoms with E-state index in [2.05, 4.69) is 4.72 Å². The number of hydrogen-bond acceptors (Lipinski definition) is 3. The monoisotopic (exact) mass is 335 g/mol. The van der Waals surface area contributed by atoms with Crippen molar-refractivity contribution in [2.24, 2.45) is 0 Å². The lowest BCUT2D eigenvalue weighted by atomic mass is 10.0. The fraction of sp³-hybridized carbons (Fsp3) is 0.294. The van der Waals surface area contributed by atoms with Crippen molar-refractivity contribution in [2.45, 2.75) is 18.9 Å². The fourth-order valence-electron chi connectivity index (χ4n) is 2.66. The number of ether oxygens (including phenoxy) is 1. The molecule has 23 heavy (non-hydrogen) atoms. The lowest BCUT2D eigenvalue weighted by Gasteiger charge is -2.26. The molecule has 0 aliphatic carbocycles. The first kappa shape index (κ1) is 16.0. The van der Waals surface area contributed by atoms with Crippen molar-refractivity contribution in [1.29, 1.82) is 0 Å². The molecular formula is C17H18FNO3S. The Labute approximate surface area is 135 Å². The maximum absolute atomic E-state index is 13.4. The zero-order chi connectivity index (χ0) is 16.3. The molecule has 1 aliphatic rings. The first-order valence-corrected chi connectivity index (χ1v) is 9.15. The van der Waals surface area contributed by atoms with E-state index in [1.54, 1.807) is 0 Å². The van der Waals surface area contributed by atoms with Crippen LogP contribution in [0.4, 0.5) is 4.39 Å². The summed E-state index contributed by atoms with van der Waals surface area (Å²) >= 11 is 0. The number of rotatable bonds is 5. The third-order valence-electron chi connectivity index (χ3n) is 3.84. The molecule has 0 amide bonds. The first-order chi connectivity index (χ1) is 11.0. The molecule has 4 nitrogen and oxygen atoms in total. The molecule has 0 bridgehead atoms. The average molecular weight is 335 g/mol. The van der Waals surface area contributed by atoms with Crippen molar-refractivity contribution >= 4 is 10.0 Å². The lowest BCUT2D eigenvalue weighted by molar-refractivity contribution is 0.262. The van der Waals surface area contributed by atoms with E-state index in [1.807, 2.05) is 30.3 Å². The molecule has 1 aliphatic heterocycles. The normalized spacial score (nSPS) is 17.3. The Morgan fingerprint density at radius 3 is 2.74 bits per heavy atom. The Bertz CT molecular complexity index is 778. The van der Waals surface area contributed by atoms with Crippen LogP contribution in [0.2, 0.25) is 0 Å². The predicted octanol–water partition coefficient (Wildman–Crippen LogP) is 2.81. The second-order valence-corrected chi connectivity index (χ2v) is 7.42. The smallest absolute Gasteiger partial charge is 0.212 e. The van der Waals surface area contributed by atoms with E-state index in [0.717, 1.165) is 5.56 Å². The summed E-state index contributed by atoms with van der Waals surface area (Å²) in [6.45, 7) is 0.407. The molecule has 1 atom stereocenters. The van der Waals surface area contributed by atoms with E-state index < -0.39 is 21.9 Å². The van der Waals surface area contributed by atoms with Crippen molar-refractivity contribution in [3.63, 3.8) is 0 Å². The summed E-state index contributed by atoms with van der Waals surface area (Å²) in [6.07, 6.45) is 0.927. The molecule has 0 fully saturated rings. The number of halogens is 1. The predicted molar refractivity (Wildman–Crippen MR) is 86.3 cm³/mol. The third kappa shape index (κ3) is 4.09. The van der Waals surface area contributed by atoms with E-state index in [1.165, 1.54) is 18.2 Å². The van der Waals surface area contributed by atoms with Gasteiger partial charge < -0.3 is 4.74 Å². The second-order valence-electron chi connectivity index (χ2n) is 5.54. The van der Waals surface area contributed by atoms with E-state index in [9.17, 15) is 12.8 Å². The highest BCUT2D eigenvalue weighted by Crippen LogP contribution is 2.32. The van der Waals surface area contributed by atoms with Gasteiger partial charge in [0.05, 0.1) is 18.4 Å². The molecule has 2 aromatic rings. The molecule has 0 saturated heterocycles. The van der Waals surface area contributed by atoms with Gasteiger partial charge in [-0.05, 0) is 30.2 Å². The lowest BCUT2D eigenvalue weighted by Crippen LogP contribution is -2.34. The van der Waals surface area contributed by atoms with E-state index in [-0.39, 0.29) is 5.75 Å². The molecule has 3 rings (SSSR count). The van der Waals surface area contributed by atoms with Crippen LogP contribution in [0.5, 0.6) is 5.75 Å². The summed E-state index contributed by atoms with van der Waals surface area (Å²) in [5.41, 5.74) is 1.52. The highest BCUT2D eigenvalue weighted by Gasteiger charge is 2.26. The number of nitrogens with one attached hydrogen (secondary N) is 1. The van der Waals surface area contributed by atoms with E-state index >= 15 is 0 Å². The van der Waals surface area contributed by atoms with Gasteiger partial charge in [-0.1, -0.05) is 30.3 Å². The third-order valence-corrected chi connectivity index (χ3v) is 5.22. The molecular weight excluding hydrogens is 317 g/mol. The highest BCUT2D eigenvalue weighted by molar-refractivity contribution is 7.89. The van der Waals surface area contributed by atoms with Gasteiger partial charge in [0.15, 0.2) is 0 Å². The molecule has 1 heterocycles. The summed E-state index contributed by atoms with van der Waals surface area (Å²) in [4.78, 5) is 0. The number of sulfonamides is 1. The number of aryl methyl sites for hydroxylation is 1. The molecule has 0 saturated carbocycles. The molecule has 0 radical (unpaired) electrons. The van der Waals surface area contributed by atoms with E-state index in [0.29, 0.717) is 30.8 Å². The van der Waals surface area contributed by atoms with Crippen molar-refractivity contribution in [3.8, 4) is 5.75 Å². The Balaban J connectivity index is 1.70. The Hall–Kier alpha value is -1.92. The molecule has 1 N–H and O–H groups in total. The van der Waals surface area contributed by atoms with Gasteiger partial charge in [0, 0.05) is 12.0 Å². The van der Waals surface area contributed by atoms with Crippen LogP contribution in [-0.2, 0) is 16.4 Å². The minimum Gasteiger partial charge on any atom is -0.493 e. The van der Waals surface area contributed by atoms with Gasteiger partial charge in [-0.2, -0.15) is 0 Å². The van der Waals surface area contributed by atoms with E-state index in [4.69, 9.17) is 4.74 Å². The number of fused-ring (bicyclic) bond motifs is 1. The van der Waals surface area contributed by atoms with Crippen LogP contribution >= 0.6 is 0 Å². The SMILES string of the molecule is O=S(=O)(CCc1ccccc1)NC1CCOc2ccc(F)cc21. The minimum atomic E-state index is -3.46. The van der Waals surface area contributed by atoms with Gasteiger partial charge in [-0.15, -0.1) is 0 Å². The van der Waals surface area contributed by atoms with Crippen LogP contribution in [0.25, 0.3) is 0 Å². The highest BCUT2D eigenvalue weighted by atomic mass is 32.2. The van der Waals surface area contributed by atoms with Gasteiger partial charge in [-0.25, -0.2) is 17.5 Å². The number of hydrogen-bond donors (Lipinski definition) is 1. The topological polar surface area (TPSA) is 55.4 Å². The van der Waals surface area contributed by atoms with Crippen molar-refractivity contribution in [3.05, 3.63) is 65.5 Å². The van der Waals surface area contributed by atoms with Crippen LogP contribution in [0, 0.1) is 5.82 Å². The molecule has 0 spiro atoms. The largest absolute Gasteiger partial charge is 0.493 e. The summed E-state index contributed by atoms with van der Waals surface area (Å²) in [5.74, 6) is 0.134. The Morgan fingerprint density at radius 1 is 1.17 bits per heavy atom. The van der Waals surface area contributed by atoms with Gasteiger partial charge in [-0.3, -0.25) is 0 Å². The van der Waals surface area contributed by atoms with Crippen LogP contribution in [0.1, 0.15) is 23.6 Å². The van der Waals surface area contributed by atoms with Crippen LogP contribution in [-0.4, -0.2) is 20.8 Å². The maximum atomic E-state index is 13.4. The van der Waals surface area contributed by atoms with Crippen molar-refractivity contribution in [2.75, 3.05) is 12.4 Å².